The van der Waals surface area contributed by atoms with Crippen LogP contribution in [0.2, 0.25) is 0 Å². The predicted molar refractivity (Wildman–Crippen MR) is 519 cm³/mol. The van der Waals surface area contributed by atoms with Crippen LogP contribution >= 0.6 is 0 Å². The van der Waals surface area contributed by atoms with Crippen molar-refractivity contribution in [2.45, 2.75) is 337 Å². The molecular formula is C116H145F15O5. The van der Waals surface area contributed by atoms with E-state index in [0.717, 1.165) is 242 Å². The highest BCUT2D eigenvalue weighted by molar-refractivity contribution is 5.52. The van der Waals surface area contributed by atoms with Gasteiger partial charge in [0.15, 0.2) is 0 Å². The molecule has 0 aromatic heterocycles. The molecule has 744 valence electrons. The molecular weight excluding hydrogens is 1760 g/mol. The molecule has 18 rings (SSSR count). The molecule has 9 aromatic carbocycles. The van der Waals surface area contributed by atoms with Crippen molar-refractivity contribution in [3.8, 4) is 28.7 Å². The maximum Gasteiger partial charge on any atom is 0.416 e. The Labute approximate surface area is 800 Å². The van der Waals surface area contributed by atoms with Crippen molar-refractivity contribution in [1.82, 2.24) is 0 Å². The van der Waals surface area contributed by atoms with Crippen molar-refractivity contribution in [3.63, 3.8) is 0 Å². The minimum Gasteiger partial charge on any atom is -0.463 e. The summed E-state index contributed by atoms with van der Waals surface area (Å²) in [5.74, 6) is 8.12. The first-order valence-electron chi connectivity index (χ1n) is 49.3. The number of ether oxygens (including phenoxy) is 5. The van der Waals surface area contributed by atoms with Crippen LogP contribution < -0.4 is 23.7 Å². The predicted octanol–water partition coefficient (Wildman–Crippen LogP) is 33.1. The van der Waals surface area contributed by atoms with E-state index in [-0.39, 0.29) is 18.1 Å². The lowest BCUT2D eigenvalue weighted by molar-refractivity contribution is -0.138. The molecule has 0 aliphatic heterocycles. The minimum atomic E-state index is -4.22. The number of aryl methyl sites for hydroxylation is 16. The van der Waals surface area contributed by atoms with Crippen molar-refractivity contribution in [2.24, 2.45) is 53.3 Å². The summed E-state index contributed by atoms with van der Waals surface area (Å²) in [4.78, 5) is 0. The molecule has 0 saturated heterocycles. The van der Waals surface area contributed by atoms with E-state index in [0.29, 0.717) is 82.1 Å². The molecule has 9 aromatic rings. The number of benzene rings is 9. The quantitative estimate of drug-likeness (QED) is 0.114. The summed E-state index contributed by atoms with van der Waals surface area (Å²) in [7, 11) is 0. The molecule has 9 atom stereocenters. The molecule has 0 fully saturated rings. The third-order valence-corrected chi connectivity index (χ3v) is 28.3. The van der Waals surface area contributed by atoms with Gasteiger partial charge in [0.05, 0.1) is 5.56 Å². The second-order valence-electron chi connectivity index (χ2n) is 41.0. The molecule has 0 spiro atoms. The van der Waals surface area contributed by atoms with E-state index in [4.69, 9.17) is 9.47 Å². The summed E-state index contributed by atoms with van der Waals surface area (Å²) in [6.07, 6.45) is 20.7. The Morgan fingerprint density at radius 2 is 0.574 bits per heavy atom. The topological polar surface area (TPSA) is 46.2 Å². The second-order valence-corrected chi connectivity index (χ2v) is 41.0. The fourth-order valence-electron chi connectivity index (χ4n) is 21.3. The average molecular weight is 1900 g/mol. The first-order valence-corrected chi connectivity index (χ1v) is 49.3. The Bertz CT molecular complexity index is 5260. The van der Waals surface area contributed by atoms with Gasteiger partial charge in [0.1, 0.15) is 41.2 Å². The molecule has 9 aliphatic carbocycles. The zero-order valence-corrected chi connectivity index (χ0v) is 83.3. The van der Waals surface area contributed by atoms with Gasteiger partial charge in [-0.25, -0.2) is 26.3 Å². The molecule has 0 bridgehead atoms. The van der Waals surface area contributed by atoms with Crippen molar-refractivity contribution in [1.29, 1.82) is 0 Å². The number of alkyl halides is 14. The van der Waals surface area contributed by atoms with Gasteiger partial charge in [-0.2, -0.15) is 39.5 Å². The van der Waals surface area contributed by atoms with Crippen molar-refractivity contribution in [2.75, 3.05) is 13.7 Å². The third-order valence-electron chi connectivity index (χ3n) is 28.3. The summed E-state index contributed by atoms with van der Waals surface area (Å²) < 4.78 is 213. The Morgan fingerprint density at radius 1 is 0.287 bits per heavy atom. The van der Waals surface area contributed by atoms with Gasteiger partial charge in [-0.1, -0.05) is 158 Å². The smallest absolute Gasteiger partial charge is 0.416 e. The van der Waals surface area contributed by atoms with E-state index in [1.807, 2.05) is 104 Å². The highest BCUT2D eigenvalue weighted by atomic mass is 19.4. The zero-order chi connectivity index (χ0) is 99.3. The Hall–Kier alpha value is -9.07. The first-order chi connectivity index (χ1) is 64.4. The van der Waals surface area contributed by atoms with Gasteiger partial charge >= 0.3 is 26.0 Å². The standard InChI is InChI=1S/C13H15F3.3C13H16F2O.C13H16F2.2C13H17FO.C13H17F.C12H15F/c1-8-3-4-10-5-9(2)7-12(11(10)6-8)13(14,15)16;2*1-8-3-6-11-10(7-8)5-4-9(2)12(11)16-13(14)15;1-8-3-4-10-5-9(2)7-12(11(10)6-8)16-13(14)15;1-8-3-4-10-5-9(2)7-12(13(14)15)11(10)6-8;2*1-9-3-4-11-5-10(2)7-13(15-8-14)12(11)6-9;1-9-3-4-11-5-10(2)6-12(8-14)13(11)7-9;1-8-3-4-10-5-9(2)7-12(13)11(10)6-8/h5,7-8H,3-4,6H2,1-2H3;2*4-5,8,13H,3,6-7H2,1-2H3;5,7-8,13H,3-4,6H2,1-2H3;5,7-8,13H,3-4,6H2,1-2H3;2*5,7,9H,3-4,6,8H2,1-2H3;5-6,9H,3-4,7-8H2,1-2H3;5,7-8H,3-4,6H2,1-2H3. The van der Waals surface area contributed by atoms with E-state index < -0.39 is 51.7 Å². The van der Waals surface area contributed by atoms with Crippen LogP contribution in [-0.4, -0.2) is 33.6 Å². The van der Waals surface area contributed by atoms with Gasteiger partial charge in [-0.3, -0.25) is 0 Å². The SMILES string of the molecule is Cc1cc(CF)c2c(c1)CCC(C)C2.Cc1cc(F)c2c(c1)CCC(C)C2.Cc1cc2c(c(C(F)(F)F)c1)CC(C)CC2.Cc1cc2c(c(C(F)F)c1)CC(C)CC2.Cc1cc2c(c(OC(F)F)c1)CC(C)CC2.Cc1cc2c(c(OCF)c1)CC(C)CC2.Cc1cc2c(c(OCF)c1)CC(C)CC2.Cc1ccc2c(c1OC(F)F)CCC(C)C2.Cc1ccc2c(c1OC(F)F)CCC(C)C2. The fraction of sp³-hybridized carbons (Fsp3) is 0.534. The van der Waals surface area contributed by atoms with Gasteiger partial charge in [-0.05, 0) is 458 Å². The first kappa shape index (κ1) is 109. The molecule has 9 aliphatic rings. The van der Waals surface area contributed by atoms with Gasteiger partial charge in [0, 0.05) is 5.56 Å². The molecule has 0 heterocycles. The maximum atomic E-state index is 13.5. The van der Waals surface area contributed by atoms with Crippen LogP contribution in [0.3, 0.4) is 0 Å². The van der Waals surface area contributed by atoms with E-state index >= 15 is 0 Å². The van der Waals surface area contributed by atoms with Gasteiger partial charge in [0.2, 0.25) is 13.7 Å². The van der Waals surface area contributed by atoms with Crippen LogP contribution in [0.15, 0.2) is 109 Å². The van der Waals surface area contributed by atoms with Crippen LogP contribution in [0.4, 0.5) is 65.9 Å². The van der Waals surface area contributed by atoms with E-state index in [1.165, 1.54) is 92.9 Å². The fourth-order valence-corrected chi connectivity index (χ4v) is 21.3. The summed E-state index contributed by atoms with van der Waals surface area (Å²) >= 11 is 0. The number of hydrogen-bond acceptors (Lipinski definition) is 5. The Morgan fingerprint density at radius 3 is 0.941 bits per heavy atom. The molecule has 0 N–H and O–H groups in total. The van der Waals surface area contributed by atoms with E-state index in [2.05, 4.69) is 113 Å². The molecule has 0 amide bonds. The monoisotopic (exact) mass is 1900 g/mol. The normalized spacial score (nSPS) is 20.2. The van der Waals surface area contributed by atoms with Gasteiger partial charge < -0.3 is 23.7 Å². The van der Waals surface area contributed by atoms with Crippen LogP contribution in [0.1, 0.15) is 293 Å². The lowest BCUT2D eigenvalue weighted by atomic mass is 9.81. The largest absolute Gasteiger partial charge is 0.463 e. The zero-order valence-electron chi connectivity index (χ0n) is 83.3. The van der Waals surface area contributed by atoms with Crippen LogP contribution in [0.25, 0.3) is 0 Å². The molecule has 0 radical (unpaired) electrons. The second kappa shape index (κ2) is 50.7. The number of fused-ring (bicyclic) bond motifs is 9. The molecule has 0 saturated carbocycles. The lowest BCUT2D eigenvalue weighted by Crippen LogP contribution is -2.18. The van der Waals surface area contributed by atoms with Crippen molar-refractivity contribution >= 4 is 0 Å². The number of rotatable bonds is 12. The summed E-state index contributed by atoms with van der Waals surface area (Å²) in [6.45, 7) is 26.9. The lowest BCUT2D eigenvalue weighted by Gasteiger charge is -2.25. The number of hydrogen-bond donors (Lipinski definition) is 0. The Kier molecular flexibility index (Phi) is 40.6. The molecule has 5 nitrogen and oxygen atoms in total. The van der Waals surface area contributed by atoms with Crippen LogP contribution in [0.5, 0.6) is 28.7 Å². The third kappa shape index (κ3) is 31.2. The molecule has 9 unspecified atom stereocenters. The summed E-state index contributed by atoms with van der Waals surface area (Å²) in [5.41, 5.74) is 29.5. The van der Waals surface area contributed by atoms with Crippen LogP contribution in [0, 0.1) is 121 Å². The number of halogens is 15. The minimum absolute atomic E-state index is 0.00144. The highest BCUT2D eigenvalue weighted by Crippen LogP contribution is 2.44. The summed E-state index contributed by atoms with van der Waals surface area (Å²) in [5, 5.41) is 0. The van der Waals surface area contributed by atoms with Crippen molar-refractivity contribution in [3.05, 3.63) is 282 Å². The van der Waals surface area contributed by atoms with Gasteiger partial charge in [-0.15, -0.1) is 0 Å². The summed E-state index contributed by atoms with van der Waals surface area (Å²) in [6, 6.07) is 34.8. The van der Waals surface area contributed by atoms with Crippen LogP contribution in [-0.2, 0) is 128 Å². The van der Waals surface area contributed by atoms with Crippen molar-refractivity contribution < 1.29 is 89.5 Å². The average Bonchev–Trinajstić information content (AvgIpc) is 0.758. The van der Waals surface area contributed by atoms with Gasteiger partial charge in [0.25, 0.3) is 6.43 Å². The molecule has 20 heteroatoms. The van der Waals surface area contributed by atoms with E-state index in [9.17, 15) is 65.9 Å². The maximum absolute atomic E-state index is 13.5. The molecule has 136 heavy (non-hydrogen) atoms. The highest BCUT2D eigenvalue weighted by Gasteiger charge is 2.37. The van der Waals surface area contributed by atoms with E-state index in [1.54, 1.807) is 25.1 Å². The Balaban J connectivity index is 0.000000158.